The molecule has 1 amide bonds. The number of rotatable bonds is 2. The van der Waals surface area contributed by atoms with Gasteiger partial charge in [-0.05, 0) is 0 Å². The Hall–Kier alpha value is -0.0100. The molecule has 4 nitrogen and oxygen atoms in total. The van der Waals surface area contributed by atoms with E-state index >= 15 is 0 Å². The van der Waals surface area contributed by atoms with Gasteiger partial charge in [-0.25, -0.2) is 0 Å². The molecule has 0 radical (unpaired) electrons. The van der Waals surface area contributed by atoms with Gasteiger partial charge >= 0.3 is 0 Å². The molecule has 0 saturated carbocycles. The van der Waals surface area contributed by atoms with Crippen LogP contribution >= 0.6 is 43.2 Å². The minimum atomic E-state index is -0.390. The number of carbonyl (C=O) groups excluding carboxylic acids is 1. The summed E-state index contributed by atoms with van der Waals surface area (Å²) in [6.07, 6.45) is 0. The Balaban J connectivity index is 2.50. The summed E-state index contributed by atoms with van der Waals surface area (Å²) in [6.45, 7) is 0. The molecule has 11 heavy (non-hydrogen) atoms. The highest BCUT2D eigenvalue weighted by Crippen LogP contribution is 2.13. The number of nitrogens with one attached hydrogen (secondary N) is 1. The maximum atomic E-state index is 10.9. The quantitative estimate of drug-likeness (QED) is 0.844. The molecule has 0 bridgehead atoms. The number of anilines is 1. The molecule has 1 aromatic rings. The minimum absolute atomic E-state index is 0.193. The highest BCUT2D eigenvalue weighted by Gasteiger charge is 2.11. The van der Waals surface area contributed by atoms with E-state index in [9.17, 15) is 4.79 Å². The van der Waals surface area contributed by atoms with E-state index in [1.807, 2.05) is 0 Å². The lowest BCUT2D eigenvalue weighted by atomic mass is 10.7. The van der Waals surface area contributed by atoms with Gasteiger partial charge in [0.1, 0.15) is 9.25 Å². The van der Waals surface area contributed by atoms with E-state index in [0.717, 1.165) is 0 Å². The van der Waals surface area contributed by atoms with Crippen LogP contribution in [0.1, 0.15) is 0 Å². The van der Waals surface area contributed by atoms with Crippen molar-refractivity contribution in [2.75, 3.05) is 5.32 Å². The Bertz CT molecular complexity index is 237. The third kappa shape index (κ3) is 2.84. The molecule has 0 atom stereocenters. The second kappa shape index (κ2) is 4.13. The molecular formula is C4H3Br2N3OS. The summed E-state index contributed by atoms with van der Waals surface area (Å²) in [5.41, 5.74) is 1.55. The Morgan fingerprint density at radius 1 is 1.73 bits per heavy atom. The van der Waals surface area contributed by atoms with Crippen LogP contribution in [-0.2, 0) is 4.79 Å². The van der Waals surface area contributed by atoms with Crippen molar-refractivity contribution in [3.8, 4) is 0 Å². The highest BCUT2D eigenvalue weighted by atomic mass is 79.9. The molecule has 60 valence electrons. The molecule has 0 spiro atoms. The van der Waals surface area contributed by atoms with Gasteiger partial charge in [-0.15, -0.1) is 10.2 Å². The lowest BCUT2D eigenvalue weighted by Gasteiger charge is -1.99. The molecule has 0 aromatic carbocycles. The average molecular weight is 301 g/mol. The van der Waals surface area contributed by atoms with Gasteiger partial charge in [0, 0.05) is 0 Å². The van der Waals surface area contributed by atoms with Gasteiger partial charge < -0.3 is 0 Å². The Morgan fingerprint density at radius 2 is 2.45 bits per heavy atom. The fraction of sp³-hybridized carbons (Fsp3) is 0.250. The second-order valence-electron chi connectivity index (χ2n) is 1.53. The van der Waals surface area contributed by atoms with Gasteiger partial charge in [-0.3, -0.25) is 10.1 Å². The van der Waals surface area contributed by atoms with E-state index in [0.29, 0.717) is 5.13 Å². The molecular weight excluding hydrogens is 298 g/mol. The van der Waals surface area contributed by atoms with Gasteiger partial charge in [-0.2, -0.15) is 0 Å². The summed E-state index contributed by atoms with van der Waals surface area (Å²) in [4.78, 5) is 10.9. The molecule has 0 aliphatic carbocycles. The zero-order valence-corrected chi connectivity index (χ0v) is 9.11. The predicted octanol–water partition coefficient (Wildman–Crippen LogP) is 1.59. The fourth-order valence-corrected chi connectivity index (χ4v) is 1.06. The maximum Gasteiger partial charge on any atom is 0.250 e. The predicted molar refractivity (Wildman–Crippen MR) is 50.2 cm³/mol. The van der Waals surface area contributed by atoms with Crippen LogP contribution in [-0.4, -0.2) is 19.8 Å². The Morgan fingerprint density at radius 3 is 2.91 bits per heavy atom. The number of amides is 1. The van der Waals surface area contributed by atoms with Gasteiger partial charge in [0.2, 0.25) is 5.13 Å². The molecule has 1 N–H and O–H groups in total. The molecule has 0 saturated heterocycles. The van der Waals surface area contributed by atoms with Crippen molar-refractivity contribution < 1.29 is 4.79 Å². The monoisotopic (exact) mass is 299 g/mol. The van der Waals surface area contributed by atoms with E-state index in [2.05, 4.69) is 47.4 Å². The van der Waals surface area contributed by atoms with E-state index in [1.165, 1.54) is 11.3 Å². The third-order valence-corrected chi connectivity index (χ3v) is 2.23. The van der Waals surface area contributed by atoms with E-state index < -0.39 is 0 Å². The van der Waals surface area contributed by atoms with Gasteiger partial charge in [0.15, 0.2) is 0 Å². The number of halogens is 2. The van der Waals surface area contributed by atoms with E-state index in [1.54, 1.807) is 5.51 Å². The fourth-order valence-electron chi connectivity index (χ4n) is 0.387. The van der Waals surface area contributed by atoms with Crippen LogP contribution < -0.4 is 5.32 Å². The van der Waals surface area contributed by atoms with Crippen molar-refractivity contribution in [1.82, 2.24) is 10.2 Å². The van der Waals surface area contributed by atoms with Gasteiger partial charge in [-0.1, -0.05) is 43.2 Å². The van der Waals surface area contributed by atoms with Crippen molar-refractivity contribution in [3.63, 3.8) is 0 Å². The summed E-state index contributed by atoms with van der Waals surface area (Å²) in [5.74, 6) is -0.193. The largest absolute Gasteiger partial charge is 0.299 e. The van der Waals surface area contributed by atoms with Crippen LogP contribution in [0.4, 0.5) is 5.13 Å². The summed E-state index contributed by atoms with van der Waals surface area (Å²) in [6, 6.07) is 0. The molecule has 0 aliphatic heterocycles. The first-order valence-electron chi connectivity index (χ1n) is 2.55. The first-order chi connectivity index (χ1) is 5.20. The Labute approximate surface area is 83.7 Å². The zero-order chi connectivity index (χ0) is 8.27. The lowest BCUT2D eigenvalue weighted by Crippen LogP contribution is -2.17. The standard InChI is InChI=1S/C4H3Br2N3OS/c5-2(6)3(10)8-4-9-7-1-11-4/h1-2H,(H,8,9,10). The number of nitrogens with zero attached hydrogens (tertiary/aromatic N) is 2. The van der Waals surface area contributed by atoms with Crippen LogP contribution in [0.3, 0.4) is 0 Å². The topological polar surface area (TPSA) is 54.9 Å². The second-order valence-corrected chi connectivity index (χ2v) is 5.43. The van der Waals surface area contributed by atoms with Crippen LogP contribution in [0.15, 0.2) is 5.51 Å². The Kier molecular flexibility index (Phi) is 3.41. The minimum Gasteiger partial charge on any atom is -0.299 e. The van der Waals surface area contributed by atoms with Crippen LogP contribution in [0, 0.1) is 0 Å². The lowest BCUT2D eigenvalue weighted by molar-refractivity contribution is -0.114. The first kappa shape index (κ1) is 9.08. The molecule has 0 fully saturated rings. The van der Waals surface area contributed by atoms with Gasteiger partial charge in [0.05, 0.1) is 0 Å². The van der Waals surface area contributed by atoms with Crippen molar-refractivity contribution >= 4 is 54.2 Å². The molecule has 1 heterocycles. The summed E-state index contributed by atoms with van der Waals surface area (Å²) in [5, 5.41) is 10.2. The van der Waals surface area contributed by atoms with Crippen LogP contribution in [0.5, 0.6) is 0 Å². The molecule has 1 aromatic heterocycles. The number of carbonyl (C=O) groups is 1. The van der Waals surface area contributed by atoms with Gasteiger partial charge in [0.25, 0.3) is 5.91 Å². The van der Waals surface area contributed by atoms with E-state index in [4.69, 9.17) is 0 Å². The van der Waals surface area contributed by atoms with Crippen molar-refractivity contribution in [2.45, 2.75) is 3.74 Å². The van der Waals surface area contributed by atoms with Crippen molar-refractivity contribution in [3.05, 3.63) is 5.51 Å². The maximum absolute atomic E-state index is 10.9. The van der Waals surface area contributed by atoms with Crippen molar-refractivity contribution in [1.29, 1.82) is 0 Å². The number of hydrogen-bond acceptors (Lipinski definition) is 4. The number of hydrogen-bond donors (Lipinski definition) is 1. The summed E-state index contributed by atoms with van der Waals surface area (Å²) in [7, 11) is 0. The highest BCUT2D eigenvalue weighted by molar-refractivity contribution is 9.25. The van der Waals surface area contributed by atoms with Crippen LogP contribution in [0.25, 0.3) is 0 Å². The third-order valence-electron chi connectivity index (χ3n) is 0.788. The SMILES string of the molecule is O=C(Nc1nncs1)C(Br)Br. The average Bonchev–Trinajstić information content (AvgIpc) is 2.39. The zero-order valence-electron chi connectivity index (χ0n) is 5.12. The van der Waals surface area contributed by atoms with Crippen molar-refractivity contribution in [2.24, 2.45) is 0 Å². The molecule has 0 unspecified atom stereocenters. The summed E-state index contributed by atoms with van der Waals surface area (Å²) >= 11 is 7.37. The summed E-state index contributed by atoms with van der Waals surface area (Å²) < 4.78 is -0.390. The molecule has 0 aliphatic rings. The number of alkyl halides is 2. The molecule has 1 rings (SSSR count). The normalized spacial score (nSPS) is 10.1. The van der Waals surface area contributed by atoms with Crippen LogP contribution in [0.2, 0.25) is 0 Å². The molecule has 7 heteroatoms. The smallest absolute Gasteiger partial charge is 0.250 e. The number of aromatic nitrogens is 2. The first-order valence-corrected chi connectivity index (χ1v) is 5.26. The van der Waals surface area contributed by atoms with E-state index in [-0.39, 0.29) is 9.64 Å².